The smallest absolute Gasteiger partial charge is 0.232 e. The molecule has 0 bridgehead atoms. The van der Waals surface area contributed by atoms with Crippen LogP contribution in [0.1, 0.15) is 16.8 Å². The van der Waals surface area contributed by atoms with E-state index in [2.05, 4.69) is 63.7 Å². The van der Waals surface area contributed by atoms with Gasteiger partial charge < -0.3 is 10.2 Å². The summed E-state index contributed by atoms with van der Waals surface area (Å²) in [5.74, 6) is 1.64. The van der Waals surface area contributed by atoms with Crippen molar-refractivity contribution < 1.29 is 0 Å². The number of rotatable bonds is 4. The number of nitrogens with one attached hydrogen (secondary N) is 1. The lowest BCUT2D eigenvalue weighted by Crippen LogP contribution is -2.17. The molecular formula is C20H20N4. The van der Waals surface area contributed by atoms with E-state index in [1.165, 1.54) is 16.8 Å². The molecule has 0 aliphatic carbocycles. The Bertz CT molecular complexity index is 845. The number of para-hydroxylation sites is 1. The van der Waals surface area contributed by atoms with E-state index in [0.29, 0.717) is 0 Å². The van der Waals surface area contributed by atoms with Gasteiger partial charge in [-0.05, 0) is 30.5 Å². The third-order valence-electron chi connectivity index (χ3n) is 4.29. The van der Waals surface area contributed by atoms with Crippen LogP contribution in [0.2, 0.25) is 0 Å². The molecule has 0 saturated heterocycles. The lowest BCUT2D eigenvalue weighted by molar-refractivity contribution is 0.926. The molecule has 4 rings (SSSR count). The molecule has 1 aliphatic rings. The second-order valence-electron chi connectivity index (χ2n) is 6.06. The zero-order valence-corrected chi connectivity index (χ0v) is 13.7. The molecule has 0 unspecified atom stereocenters. The van der Waals surface area contributed by atoms with E-state index in [1.807, 2.05) is 19.1 Å². The van der Waals surface area contributed by atoms with Crippen LogP contribution in [0.25, 0.3) is 0 Å². The molecule has 0 fully saturated rings. The Morgan fingerprint density at radius 1 is 1.00 bits per heavy atom. The van der Waals surface area contributed by atoms with Crippen LogP contribution in [0.3, 0.4) is 0 Å². The maximum Gasteiger partial charge on any atom is 0.232 e. The summed E-state index contributed by atoms with van der Waals surface area (Å²) < 4.78 is 0. The van der Waals surface area contributed by atoms with E-state index < -0.39 is 0 Å². The molecule has 2 heterocycles. The van der Waals surface area contributed by atoms with E-state index in [4.69, 9.17) is 4.98 Å². The minimum absolute atomic E-state index is 0.757. The molecule has 24 heavy (non-hydrogen) atoms. The number of aromatic nitrogens is 2. The summed E-state index contributed by atoms with van der Waals surface area (Å²) in [5.41, 5.74) is 4.79. The van der Waals surface area contributed by atoms with Gasteiger partial charge in [-0.1, -0.05) is 48.5 Å². The fourth-order valence-corrected chi connectivity index (χ4v) is 3.10. The number of aryl methyl sites for hydroxylation is 1. The highest BCUT2D eigenvalue weighted by Gasteiger charge is 2.22. The Morgan fingerprint density at radius 2 is 1.79 bits per heavy atom. The molecule has 0 atom stereocenters. The van der Waals surface area contributed by atoms with Gasteiger partial charge in [-0.25, -0.2) is 4.98 Å². The van der Waals surface area contributed by atoms with Crippen LogP contribution in [0.15, 0.2) is 60.7 Å². The molecule has 4 heteroatoms. The van der Waals surface area contributed by atoms with Gasteiger partial charge in [0.2, 0.25) is 5.95 Å². The van der Waals surface area contributed by atoms with Crippen molar-refractivity contribution in [2.75, 3.05) is 16.8 Å². The second kappa shape index (κ2) is 6.32. The van der Waals surface area contributed by atoms with Crippen molar-refractivity contribution in [3.8, 4) is 0 Å². The Morgan fingerprint density at radius 3 is 2.67 bits per heavy atom. The van der Waals surface area contributed by atoms with Crippen molar-refractivity contribution in [2.24, 2.45) is 0 Å². The predicted octanol–water partition coefficient (Wildman–Crippen LogP) is 4.09. The number of benzene rings is 2. The Balaban J connectivity index is 1.58. The van der Waals surface area contributed by atoms with Gasteiger partial charge in [0.1, 0.15) is 5.82 Å². The molecule has 1 aromatic heterocycles. The first-order valence-electron chi connectivity index (χ1n) is 8.28. The predicted molar refractivity (Wildman–Crippen MR) is 97.7 cm³/mol. The van der Waals surface area contributed by atoms with Gasteiger partial charge in [0.15, 0.2) is 0 Å². The molecule has 0 saturated carbocycles. The van der Waals surface area contributed by atoms with E-state index in [-0.39, 0.29) is 0 Å². The second-order valence-corrected chi connectivity index (χ2v) is 6.06. The summed E-state index contributed by atoms with van der Waals surface area (Å²) >= 11 is 0. The lowest BCUT2D eigenvalue weighted by atomic mass is 10.2. The highest BCUT2D eigenvalue weighted by Crippen LogP contribution is 2.32. The molecule has 120 valence electrons. The summed E-state index contributed by atoms with van der Waals surface area (Å²) in [5, 5.41) is 3.41. The third-order valence-corrected chi connectivity index (χ3v) is 4.29. The highest BCUT2D eigenvalue weighted by molar-refractivity contribution is 5.66. The zero-order chi connectivity index (χ0) is 16.4. The standard InChI is InChI=1S/C20H20N4/c1-15-13-19(21-14-16-7-3-2-4-8-16)23-20(22-15)24-12-11-17-9-5-6-10-18(17)24/h2-10,13H,11-12,14H2,1H3,(H,21,22,23). The topological polar surface area (TPSA) is 41.1 Å². The average Bonchev–Trinajstić information content (AvgIpc) is 3.05. The van der Waals surface area contributed by atoms with Gasteiger partial charge >= 0.3 is 0 Å². The molecule has 3 aromatic rings. The van der Waals surface area contributed by atoms with Crippen LogP contribution < -0.4 is 10.2 Å². The van der Waals surface area contributed by atoms with Crippen molar-refractivity contribution in [3.05, 3.63) is 77.5 Å². The van der Waals surface area contributed by atoms with E-state index >= 15 is 0 Å². The molecule has 2 aromatic carbocycles. The molecular weight excluding hydrogens is 296 g/mol. The van der Waals surface area contributed by atoms with E-state index in [1.54, 1.807) is 0 Å². The van der Waals surface area contributed by atoms with Gasteiger partial charge in [0, 0.05) is 30.5 Å². The van der Waals surface area contributed by atoms with Crippen LogP contribution in [-0.4, -0.2) is 16.5 Å². The maximum absolute atomic E-state index is 4.73. The van der Waals surface area contributed by atoms with Gasteiger partial charge in [0.05, 0.1) is 0 Å². The monoisotopic (exact) mass is 316 g/mol. The average molecular weight is 316 g/mol. The van der Waals surface area contributed by atoms with Gasteiger partial charge in [0.25, 0.3) is 0 Å². The minimum atomic E-state index is 0.757. The molecule has 4 nitrogen and oxygen atoms in total. The Hall–Kier alpha value is -2.88. The van der Waals surface area contributed by atoms with Gasteiger partial charge in [-0.15, -0.1) is 0 Å². The largest absolute Gasteiger partial charge is 0.366 e. The first-order valence-corrected chi connectivity index (χ1v) is 8.28. The lowest BCUT2D eigenvalue weighted by Gasteiger charge is -2.18. The van der Waals surface area contributed by atoms with Crippen molar-refractivity contribution in [3.63, 3.8) is 0 Å². The van der Waals surface area contributed by atoms with Gasteiger partial charge in [-0.3, -0.25) is 0 Å². The Kier molecular flexibility index (Phi) is 3.87. The SMILES string of the molecule is Cc1cc(NCc2ccccc2)nc(N2CCc3ccccc32)n1. The van der Waals surface area contributed by atoms with Crippen molar-refractivity contribution in [2.45, 2.75) is 19.9 Å². The molecule has 0 spiro atoms. The van der Waals surface area contributed by atoms with Crippen molar-refractivity contribution in [1.82, 2.24) is 9.97 Å². The number of nitrogens with zero attached hydrogens (tertiary/aromatic N) is 3. The fraction of sp³-hybridized carbons (Fsp3) is 0.200. The summed E-state index contributed by atoms with van der Waals surface area (Å²) in [4.78, 5) is 11.6. The van der Waals surface area contributed by atoms with Crippen LogP contribution in [0, 0.1) is 6.92 Å². The maximum atomic E-state index is 4.73. The van der Waals surface area contributed by atoms with E-state index in [0.717, 1.165) is 37.0 Å². The minimum Gasteiger partial charge on any atom is -0.366 e. The fourth-order valence-electron chi connectivity index (χ4n) is 3.10. The van der Waals surface area contributed by atoms with Crippen LogP contribution in [0.5, 0.6) is 0 Å². The zero-order valence-electron chi connectivity index (χ0n) is 13.7. The normalized spacial score (nSPS) is 13.0. The highest BCUT2D eigenvalue weighted by atomic mass is 15.3. The number of hydrogen-bond donors (Lipinski definition) is 1. The summed E-state index contributed by atoms with van der Waals surface area (Å²) in [6, 6.07) is 20.8. The molecule has 1 N–H and O–H groups in total. The molecule has 0 amide bonds. The Labute approximate surface area is 142 Å². The van der Waals surface area contributed by atoms with Crippen molar-refractivity contribution >= 4 is 17.5 Å². The first kappa shape index (κ1) is 14.7. The first-order chi connectivity index (χ1) is 11.8. The van der Waals surface area contributed by atoms with Gasteiger partial charge in [-0.2, -0.15) is 4.98 Å². The number of anilines is 3. The van der Waals surface area contributed by atoms with Crippen LogP contribution in [-0.2, 0) is 13.0 Å². The summed E-state index contributed by atoms with van der Waals surface area (Å²) in [6.45, 7) is 3.70. The number of fused-ring (bicyclic) bond motifs is 1. The summed E-state index contributed by atoms with van der Waals surface area (Å²) in [6.07, 6.45) is 1.04. The quantitative estimate of drug-likeness (QED) is 0.787. The van der Waals surface area contributed by atoms with Crippen LogP contribution in [0.4, 0.5) is 17.5 Å². The summed E-state index contributed by atoms with van der Waals surface area (Å²) in [7, 11) is 0. The molecule has 0 radical (unpaired) electrons. The van der Waals surface area contributed by atoms with E-state index in [9.17, 15) is 0 Å². The van der Waals surface area contributed by atoms with Crippen molar-refractivity contribution in [1.29, 1.82) is 0 Å². The third kappa shape index (κ3) is 2.95. The molecule has 1 aliphatic heterocycles. The van der Waals surface area contributed by atoms with Crippen LogP contribution >= 0.6 is 0 Å². The number of hydrogen-bond acceptors (Lipinski definition) is 4.